The Morgan fingerprint density at radius 1 is 2.00 bits per heavy atom. The number of amides is 1. The molecule has 0 aromatic heterocycles. The summed E-state index contributed by atoms with van der Waals surface area (Å²) >= 11 is 0.983. The average Bonchev–Trinajstić information content (AvgIpc) is 1.86. The van der Waals surface area contributed by atoms with Gasteiger partial charge >= 0.3 is 0 Å². The zero-order chi connectivity index (χ0) is 4.41. The van der Waals surface area contributed by atoms with Gasteiger partial charge in [0.25, 0.3) is 5.91 Å². The van der Waals surface area contributed by atoms with E-state index in [-0.39, 0.29) is 12.5 Å². The predicted molar refractivity (Wildman–Crippen MR) is 21.7 cm³/mol. The molecule has 0 saturated carbocycles. The van der Waals surface area contributed by atoms with Crippen molar-refractivity contribution in [1.29, 1.82) is 0 Å². The highest BCUT2D eigenvalue weighted by atomic mass is 32.2. The van der Waals surface area contributed by atoms with E-state index >= 15 is 0 Å². The highest BCUT2D eigenvalue weighted by Crippen LogP contribution is 2.01. The molecule has 0 aromatic carbocycles. The third-order valence-electron chi connectivity index (χ3n) is 0.404. The van der Waals surface area contributed by atoms with Crippen molar-refractivity contribution < 1.29 is 8.98 Å². The van der Waals surface area contributed by atoms with E-state index in [2.05, 4.69) is 8.91 Å². The summed E-state index contributed by atoms with van der Waals surface area (Å²) in [6.45, 7) is 0.199. The summed E-state index contributed by atoms with van der Waals surface area (Å²) in [5, 5.41) is 0. The zero-order valence-electron chi connectivity index (χ0n) is 2.93. The number of carbonyl (C=O) groups excluding carboxylic acids is 1. The van der Waals surface area contributed by atoms with Crippen LogP contribution in [-0.2, 0) is 8.98 Å². The molecule has 0 spiro atoms. The molecule has 0 atom stereocenters. The summed E-state index contributed by atoms with van der Waals surface area (Å²) in [6, 6.07) is 0. The first-order chi connectivity index (χ1) is 2.89. The topological polar surface area (TPSA) is 38.3 Å². The largest absolute Gasteiger partial charge is 0.287 e. The smallest absolute Gasteiger partial charge is 0.258 e. The van der Waals surface area contributed by atoms with E-state index in [0.29, 0.717) is 0 Å². The minimum Gasteiger partial charge on any atom is -0.287 e. The lowest BCUT2D eigenvalue weighted by molar-refractivity contribution is -0.119. The van der Waals surface area contributed by atoms with Gasteiger partial charge in [0.1, 0.15) is 18.8 Å². The molecule has 3 nitrogen and oxygen atoms in total. The normalized spacial score (nSPS) is 21.0. The standard InChI is InChI=1S/C2H3NO2S/c4-2-1-5-6-3-2/h1H2,(H,3,4). The first-order valence-electron chi connectivity index (χ1n) is 1.47. The molecule has 1 amide bonds. The van der Waals surface area contributed by atoms with Gasteiger partial charge in [-0.25, -0.2) is 0 Å². The second-order valence-corrected chi connectivity index (χ2v) is 1.48. The molecule has 1 N–H and O–H groups in total. The predicted octanol–water partition coefficient (Wildman–Crippen LogP) is -0.304. The van der Waals surface area contributed by atoms with E-state index in [9.17, 15) is 4.79 Å². The lowest BCUT2D eigenvalue weighted by Crippen LogP contribution is -2.09. The molecule has 0 radical (unpaired) electrons. The molecule has 1 fully saturated rings. The summed E-state index contributed by atoms with van der Waals surface area (Å²) in [5.41, 5.74) is 0. The van der Waals surface area contributed by atoms with E-state index in [1.807, 2.05) is 0 Å². The Labute approximate surface area is 39.4 Å². The van der Waals surface area contributed by atoms with Gasteiger partial charge in [0.15, 0.2) is 0 Å². The van der Waals surface area contributed by atoms with Crippen LogP contribution in [0.4, 0.5) is 0 Å². The van der Waals surface area contributed by atoms with Crippen LogP contribution in [-0.4, -0.2) is 12.5 Å². The van der Waals surface area contributed by atoms with Crippen molar-refractivity contribution in [2.75, 3.05) is 6.61 Å². The van der Waals surface area contributed by atoms with Gasteiger partial charge in [-0.1, -0.05) is 0 Å². The number of nitrogens with one attached hydrogen (secondary N) is 1. The number of carbonyl (C=O) groups is 1. The Morgan fingerprint density at radius 3 is 3.00 bits per heavy atom. The van der Waals surface area contributed by atoms with Crippen molar-refractivity contribution in [1.82, 2.24) is 4.72 Å². The number of hydrogen-bond donors (Lipinski definition) is 1. The van der Waals surface area contributed by atoms with Crippen molar-refractivity contribution >= 4 is 18.1 Å². The van der Waals surface area contributed by atoms with Gasteiger partial charge in [-0.05, 0) is 0 Å². The van der Waals surface area contributed by atoms with Crippen LogP contribution in [0.1, 0.15) is 0 Å². The second-order valence-electron chi connectivity index (χ2n) is 0.871. The lowest BCUT2D eigenvalue weighted by Gasteiger charge is -1.74. The van der Waals surface area contributed by atoms with Crippen LogP contribution >= 0.6 is 12.2 Å². The minimum absolute atomic E-state index is 0.0556. The summed E-state index contributed by atoms with van der Waals surface area (Å²) in [6.07, 6.45) is 0. The lowest BCUT2D eigenvalue weighted by atomic mass is 10.7. The van der Waals surface area contributed by atoms with Crippen LogP contribution in [0.2, 0.25) is 0 Å². The molecular formula is C2H3NO2S. The van der Waals surface area contributed by atoms with Crippen LogP contribution in [0.3, 0.4) is 0 Å². The van der Waals surface area contributed by atoms with Crippen molar-refractivity contribution in [3.05, 3.63) is 0 Å². The number of rotatable bonds is 0. The molecule has 1 rings (SSSR count). The fourth-order valence-electron chi connectivity index (χ4n) is 0.188. The Kier molecular flexibility index (Phi) is 0.979. The van der Waals surface area contributed by atoms with E-state index in [1.54, 1.807) is 0 Å². The fourth-order valence-corrected chi connectivity index (χ4v) is 0.565. The minimum atomic E-state index is -0.0556. The molecule has 0 aliphatic carbocycles. The molecule has 4 heteroatoms. The van der Waals surface area contributed by atoms with E-state index in [1.165, 1.54) is 0 Å². The average molecular weight is 105 g/mol. The van der Waals surface area contributed by atoms with Crippen molar-refractivity contribution in [3.8, 4) is 0 Å². The van der Waals surface area contributed by atoms with E-state index in [4.69, 9.17) is 0 Å². The number of hydrogen-bond acceptors (Lipinski definition) is 3. The first-order valence-corrected chi connectivity index (χ1v) is 2.21. The van der Waals surface area contributed by atoms with Gasteiger partial charge in [0.05, 0.1) is 0 Å². The van der Waals surface area contributed by atoms with Crippen LogP contribution in [0, 0.1) is 0 Å². The molecule has 1 saturated heterocycles. The van der Waals surface area contributed by atoms with Gasteiger partial charge in [-0.15, -0.1) is 0 Å². The molecule has 1 heterocycles. The van der Waals surface area contributed by atoms with Gasteiger partial charge in [0, 0.05) is 0 Å². The quantitative estimate of drug-likeness (QED) is 0.339. The second kappa shape index (κ2) is 1.49. The third kappa shape index (κ3) is 0.636. The summed E-state index contributed by atoms with van der Waals surface area (Å²) in [7, 11) is 0. The zero-order valence-corrected chi connectivity index (χ0v) is 3.75. The van der Waals surface area contributed by atoms with Crippen LogP contribution in [0.15, 0.2) is 0 Å². The van der Waals surface area contributed by atoms with Crippen LogP contribution < -0.4 is 4.72 Å². The van der Waals surface area contributed by atoms with Crippen molar-refractivity contribution in [3.63, 3.8) is 0 Å². The maximum Gasteiger partial charge on any atom is 0.258 e. The van der Waals surface area contributed by atoms with Crippen LogP contribution in [0.5, 0.6) is 0 Å². The maximum atomic E-state index is 9.99. The van der Waals surface area contributed by atoms with Crippen molar-refractivity contribution in [2.24, 2.45) is 0 Å². The maximum absolute atomic E-state index is 9.99. The summed E-state index contributed by atoms with van der Waals surface area (Å²) < 4.78 is 6.89. The summed E-state index contributed by atoms with van der Waals surface area (Å²) in [5.74, 6) is -0.0556. The van der Waals surface area contributed by atoms with Gasteiger partial charge in [-0.2, -0.15) is 0 Å². The Hall–Kier alpha value is -0.220. The molecule has 0 aromatic rings. The highest BCUT2D eigenvalue weighted by Gasteiger charge is 2.07. The SMILES string of the molecule is O=C1COSN1. The molecular weight excluding hydrogens is 102 g/mol. The van der Waals surface area contributed by atoms with Gasteiger partial charge in [0.2, 0.25) is 0 Å². The monoisotopic (exact) mass is 105 g/mol. The Bertz CT molecular complexity index is 65.9. The summed E-state index contributed by atoms with van der Waals surface area (Å²) in [4.78, 5) is 9.99. The van der Waals surface area contributed by atoms with E-state index in [0.717, 1.165) is 12.2 Å². The third-order valence-corrected chi connectivity index (χ3v) is 0.951. The molecule has 1 aliphatic heterocycles. The Morgan fingerprint density at radius 2 is 2.83 bits per heavy atom. The van der Waals surface area contributed by atoms with Gasteiger partial charge in [-0.3, -0.25) is 13.7 Å². The molecule has 1 aliphatic rings. The van der Waals surface area contributed by atoms with Crippen LogP contribution in [0.25, 0.3) is 0 Å². The van der Waals surface area contributed by atoms with Gasteiger partial charge < -0.3 is 0 Å². The Balaban J connectivity index is 2.37. The van der Waals surface area contributed by atoms with Crippen molar-refractivity contribution in [2.45, 2.75) is 0 Å². The molecule has 6 heavy (non-hydrogen) atoms. The van der Waals surface area contributed by atoms with E-state index < -0.39 is 0 Å². The molecule has 34 valence electrons. The molecule has 0 unspecified atom stereocenters. The highest BCUT2D eigenvalue weighted by molar-refractivity contribution is 7.93. The first kappa shape index (κ1) is 3.95. The fraction of sp³-hybridized carbons (Fsp3) is 0.500. The molecule has 0 bridgehead atoms.